The Bertz CT molecular complexity index is 712. The van der Waals surface area contributed by atoms with E-state index in [0.717, 1.165) is 22.2 Å². The Morgan fingerprint density at radius 2 is 1.79 bits per heavy atom. The number of aromatic nitrogens is 1. The van der Waals surface area contributed by atoms with Gasteiger partial charge in [-0.1, -0.05) is 48.0 Å². The monoisotopic (exact) mass is 246 g/mol. The van der Waals surface area contributed by atoms with Crippen LogP contribution >= 0.6 is 0 Å². The van der Waals surface area contributed by atoms with Crippen LogP contribution < -0.4 is 0 Å². The molecule has 1 N–H and O–H groups in total. The van der Waals surface area contributed by atoms with E-state index >= 15 is 0 Å². The fourth-order valence-corrected chi connectivity index (χ4v) is 2.33. The van der Waals surface area contributed by atoms with Crippen LogP contribution in [0.15, 0.2) is 54.6 Å². The largest absolute Gasteiger partial charge is 0.357 e. The van der Waals surface area contributed by atoms with Gasteiger partial charge in [-0.05, 0) is 30.0 Å². The molecule has 0 amide bonds. The number of hydrogen-bond acceptors (Lipinski definition) is 1. The van der Waals surface area contributed by atoms with Crippen molar-refractivity contribution in [2.45, 2.75) is 12.8 Å². The smallest absolute Gasteiger partial charge is 0.111 e. The molecule has 19 heavy (non-hydrogen) atoms. The third-order valence-corrected chi connectivity index (χ3v) is 3.40. The second-order valence-electron chi connectivity index (χ2n) is 4.78. The van der Waals surface area contributed by atoms with E-state index in [1.54, 1.807) is 0 Å². The Morgan fingerprint density at radius 1 is 1.05 bits per heavy atom. The number of para-hydroxylation sites is 1. The molecule has 1 heterocycles. The third-order valence-electron chi connectivity index (χ3n) is 3.40. The third kappa shape index (κ3) is 2.11. The van der Waals surface area contributed by atoms with Crippen LogP contribution in [0.3, 0.4) is 0 Å². The summed E-state index contributed by atoms with van der Waals surface area (Å²) in [5, 5.41) is 10.6. The summed E-state index contributed by atoms with van der Waals surface area (Å²) >= 11 is 0. The molecule has 0 bridgehead atoms. The average Bonchev–Trinajstić information content (AvgIpc) is 2.85. The van der Waals surface area contributed by atoms with Gasteiger partial charge in [0.15, 0.2) is 0 Å². The van der Waals surface area contributed by atoms with Gasteiger partial charge in [0.25, 0.3) is 0 Å². The molecule has 1 aromatic heterocycles. The van der Waals surface area contributed by atoms with Gasteiger partial charge in [0.05, 0.1) is 6.07 Å². The van der Waals surface area contributed by atoms with E-state index < -0.39 is 0 Å². The van der Waals surface area contributed by atoms with Crippen molar-refractivity contribution >= 4 is 10.9 Å². The lowest BCUT2D eigenvalue weighted by Gasteiger charge is -2.07. The first-order valence-corrected chi connectivity index (χ1v) is 6.32. The summed E-state index contributed by atoms with van der Waals surface area (Å²) in [5.41, 5.74) is 4.26. The number of H-pyrrole nitrogens is 1. The van der Waals surface area contributed by atoms with E-state index in [1.165, 1.54) is 5.56 Å². The molecule has 2 aromatic carbocycles. The van der Waals surface area contributed by atoms with E-state index in [1.807, 2.05) is 49.4 Å². The van der Waals surface area contributed by atoms with Crippen LogP contribution in [0.1, 0.15) is 22.7 Å². The molecule has 3 aromatic rings. The molecule has 0 spiro atoms. The van der Waals surface area contributed by atoms with Gasteiger partial charge in [0.2, 0.25) is 0 Å². The Hall–Kier alpha value is -2.53. The highest BCUT2D eigenvalue weighted by Crippen LogP contribution is 2.26. The van der Waals surface area contributed by atoms with Crippen molar-refractivity contribution in [2.75, 3.05) is 0 Å². The number of nitrogens with zero attached hydrogens (tertiary/aromatic N) is 1. The Labute approximate surface area is 112 Å². The minimum absolute atomic E-state index is 0.243. The van der Waals surface area contributed by atoms with Crippen LogP contribution in [-0.2, 0) is 0 Å². The second-order valence-corrected chi connectivity index (χ2v) is 4.78. The lowest BCUT2D eigenvalue weighted by molar-refractivity contribution is 0.990. The fraction of sp³-hybridized carbons (Fsp3) is 0.118. The molecule has 2 nitrogen and oxygen atoms in total. The van der Waals surface area contributed by atoms with Crippen LogP contribution in [0.4, 0.5) is 0 Å². The summed E-state index contributed by atoms with van der Waals surface area (Å²) in [4.78, 5) is 3.34. The molecule has 1 atom stereocenters. The first-order chi connectivity index (χ1) is 9.28. The van der Waals surface area contributed by atoms with Crippen molar-refractivity contribution in [3.05, 3.63) is 71.4 Å². The molecule has 0 saturated carbocycles. The van der Waals surface area contributed by atoms with Crippen LogP contribution in [0.5, 0.6) is 0 Å². The normalized spacial score (nSPS) is 12.2. The summed E-state index contributed by atoms with van der Waals surface area (Å²) in [6.45, 7) is 2.05. The summed E-state index contributed by atoms with van der Waals surface area (Å²) in [5.74, 6) is -0.243. The van der Waals surface area contributed by atoms with Crippen molar-refractivity contribution in [3.8, 4) is 6.07 Å². The van der Waals surface area contributed by atoms with Gasteiger partial charge < -0.3 is 4.98 Å². The molecule has 0 aliphatic carbocycles. The van der Waals surface area contributed by atoms with Gasteiger partial charge in [0.1, 0.15) is 5.92 Å². The zero-order valence-corrected chi connectivity index (χ0v) is 10.7. The van der Waals surface area contributed by atoms with Gasteiger partial charge in [-0.25, -0.2) is 0 Å². The molecule has 0 saturated heterocycles. The van der Waals surface area contributed by atoms with E-state index in [2.05, 4.69) is 23.2 Å². The summed E-state index contributed by atoms with van der Waals surface area (Å²) in [7, 11) is 0. The molecule has 0 fully saturated rings. The lowest BCUT2D eigenvalue weighted by atomic mass is 9.96. The number of aryl methyl sites for hydroxylation is 1. The van der Waals surface area contributed by atoms with Crippen LogP contribution in [0, 0.1) is 18.3 Å². The number of fused-ring (bicyclic) bond motifs is 1. The van der Waals surface area contributed by atoms with Crippen molar-refractivity contribution in [2.24, 2.45) is 0 Å². The van der Waals surface area contributed by atoms with E-state index in [9.17, 15) is 5.26 Å². The summed E-state index contributed by atoms with van der Waals surface area (Å²) < 4.78 is 0. The maximum absolute atomic E-state index is 9.46. The van der Waals surface area contributed by atoms with Crippen molar-refractivity contribution in [1.82, 2.24) is 4.98 Å². The fourth-order valence-electron chi connectivity index (χ4n) is 2.33. The van der Waals surface area contributed by atoms with Gasteiger partial charge in [-0.15, -0.1) is 0 Å². The zero-order chi connectivity index (χ0) is 13.2. The quantitative estimate of drug-likeness (QED) is 0.725. The first-order valence-electron chi connectivity index (χ1n) is 6.32. The van der Waals surface area contributed by atoms with Gasteiger partial charge in [-0.2, -0.15) is 5.26 Å². The van der Waals surface area contributed by atoms with Crippen LogP contribution in [-0.4, -0.2) is 4.98 Å². The highest BCUT2D eigenvalue weighted by molar-refractivity contribution is 5.80. The molecule has 0 aliphatic heterocycles. The van der Waals surface area contributed by atoms with Gasteiger partial charge in [-0.3, -0.25) is 0 Å². The number of nitrogens with one attached hydrogen (secondary N) is 1. The molecule has 3 rings (SSSR count). The minimum atomic E-state index is -0.243. The highest BCUT2D eigenvalue weighted by atomic mass is 14.7. The van der Waals surface area contributed by atoms with E-state index in [-0.39, 0.29) is 5.92 Å². The number of benzene rings is 2. The second kappa shape index (κ2) is 4.62. The number of hydrogen-bond donors (Lipinski definition) is 1. The molecular formula is C17H14N2. The Balaban J connectivity index is 2.07. The lowest BCUT2D eigenvalue weighted by Crippen LogP contribution is -1.98. The van der Waals surface area contributed by atoms with Crippen molar-refractivity contribution < 1.29 is 0 Å². The molecule has 1 unspecified atom stereocenters. The summed E-state index contributed by atoms with van der Waals surface area (Å²) in [6, 6.07) is 20.7. The van der Waals surface area contributed by atoms with E-state index in [4.69, 9.17) is 0 Å². The minimum Gasteiger partial charge on any atom is -0.357 e. The van der Waals surface area contributed by atoms with E-state index in [0.29, 0.717) is 0 Å². The van der Waals surface area contributed by atoms with Crippen molar-refractivity contribution in [3.63, 3.8) is 0 Å². The maximum atomic E-state index is 9.46. The number of aromatic amines is 1. The first kappa shape index (κ1) is 11.6. The van der Waals surface area contributed by atoms with Crippen molar-refractivity contribution in [1.29, 1.82) is 5.26 Å². The number of rotatable bonds is 2. The topological polar surface area (TPSA) is 39.6 Å². The average molecular weight is 246 g/mol. The number of nitriles is 1. The molecule has 2 heteroatoms. The highest BCUT2D eigenvalue weighted by Gasteiger charge is 2.15. The predicted octanol–water partition coefficient (Wildman–Crippen LogP) is 4.13. The molecule has 0 radical (unpaired) electrons. The Kier molecular flexibility index (Phi) is 2.81. The van der Waals surface area contributed by atoms with Crippen LogP contribution in [0.2, 0.25) is 0 Å². The molecular weight excluding hydrogens is 232 g/mol. The zero-order valence-electron chi connectivity index (χ0n) is 10.7. The SMILES string of the molecule is Cc1ccc(C(C#N)c2cc3ccccc3[nH]2)cc1. The molecule has 0 aliphatic rings. The van der Waals surface area contributed by atoms with Crippen LogP contribution in [0.25, 0.3) is 10.9 Å². The molecule has 92 valence electrons. The maximum Gasteiger partial charge on any atom is 0.111 e. The van der Waals surface area contributed by atoms with Gasteiger partial charge in [0, 0.05) is 11.2 Å². The summed E-state index contributed by atoms with van der Waals surface area (Å²) in [6.07, 6.45) is 0. The predicted molar refractivity (Wildman–Crippen MR) is 76.9 cm³/mol. The standard InChI is InChI=1S/C17H14N2/c1-12-6-8-13(9-7-12)15(11-18)17-10-14-4-2-3-5-16(14)19-17/h2-10,15,19H,1H3. The van der Waals surface area contributed by atoms with Gasteiger partial charge >= 0.3 is 0 Å². The Morgan fingerprint density at radius 3 is 2.47 bits per heavy atom.